The van der Waals surface area contributed by atoms with Crippen molar-refractivity contribution in [3.8, 4) is 0 Å². The van der Waals surface area contributed by atoms with Crippen LogP contribution in [0.4, 0.5) is 11.5 Å². The van der Waals surface area contributed by atoms with Crippen LogP contribution in [0.25, 0.3) is 10.9 Å². The van der Waals surface area contributed by atoms with Gasteiger partial charge in [-0.2, -0.15) is 0 Å². The summed E-state index contributed by atoms with van der Waals surface area (Å²) in [7, 11) is 0. The van der Waals surface area contributed by atoms with Crippen LogP contribution in [0.15, 0.2) is 18.2 Å². The van der Waals surface area contributed by atoms with Gasteiger partial charge in [0.2, 0.25) is 0 Å². The maximum Gasteiger partial charge on any atom is 2.00 e. The number of nitrogens with one attached hydrogen (secondary N) is 1. The van der Waals surface area contributed by atoms with Crippen molar-refractivity contribution in [2.24, 2.45) is 5.92 Å². The molecule has 0 spiro atoms. The predicted octanol–water partition coefficient (Wildman–Crippen LogP) is 5.97. The van der Waals surface area contributed by atoms with Crippen LogP contribution in [0.3, 0.4) is 0 Å². The first kappa shape index (κ1) is 25.7. The van der Waals surface area contributed by atoms with Gasteiger partial charge >= 0.3 is 17.1 Å². The van der Waals surface area contributed by atoms with Gasteiger partial charge in [0.05, 0.1) is 5.52 Å². The summed E-state index contributed by atoms with van der Waals surface area (Å²) in [5.74, 6) is 2.10. The van der Waals surface area contributed by atoms with Gasteiger partial charge in [0, 0.05) is 17.6 Å². The van der Waals surface area contributed by atoms with E-state index >= 15 is 0 Å². The van der Waals surface area contributed by atoms with Crippen LogP contribution in [0.2, 0.25) is 0 Å². The first-order valence-corrected chi connectivity index (χ1v) is 9.50. The summed E-state index contributed by atoms with van der Waals surface area (Å²) in [6, 6.07) is 6.14. The molecule has 0 bridgehead atoms. The number of anilines is 2. The minimum Gasteiger partial charge on any atom is -0.385 e. The average molecular weight is 412 g/mol. The number of rotatable bonds is 3. The van der Waals surface area contributed by atoms with E-state index in [2.05, 4.69) is 27.4 Å². The average Bonchev–Trinajstić information content (AvgIpc) is 3.29. The monoisotopic (exact) mass is 412 g/mol. The molecule has 152 valence electrons. The van der Waals surface area contributed by atoms with E-state index in [1.165, 1.54) is 57.8 Å². The van der Waals surface area contributed by atoms with Gasteiger partial charge in [-0.3, -0.25) is 0 Å². The number of nitrogen functional groups attached to an aromatic ring is 1. The normalized spacial score (nSPS) is 15.7. The predicted molar refractivity (Wildman–Crippen MR) is 115 cm³/mol. The third-order valence-electron chi connectivity index (χ3n) is 5.16. The molecule has 0 saturated heterocycles. The number of aromatic nitrogens is 2. The number of nitrogens with two attached hydrogens (primary N) is 1. The van der Waals surface area contributed by atoms with Crippen molar-refractivity contribution < 1.29 is 17.1 Å². The topological polar surface area (TPSA) is 63.8 Å². The molecular weight excluding hydrogens is 376 g/mol. The number of hydrogen-bond donors (Lipinski definition) is 2. The fourth-order valence-electron chi connectivity index (χ4n) is 3.74. The largest absolute Gasteiger partial charge is 2.00 e. The second kappa shape index (κ2) is 13.0. The van der Waals surface area contributed by atoms with Crippen LogP contribution in [-0.4, -0.2) is 16.5 Å². The molecule has 0 unspecified atom stereocenters. The Morgan fingerprint density at radius 3 is 2.15 bits per heavy atom. The zero-order chi connectivity index (χ0) is 16.8. The zero-order valence-electron chi connectivity index (χ0n) is 17.2. The van der Waals surface area contributed by atoms with Crippen LogP contribution < -0.4 is 11.1 Å². The number of fused-ring (bicyclic) bond motifs is 1. The van der Waals surface area contributed by atoms with Crippen LogP contribution in [-0.2, 0) is 17.1 Å². The molecule has 0 aliphatic heterocycles. The second-order valence-electron chi connectivity index (χ2n) is 7.19. The summed E-state index contributed by atoms with van der Waals surface area (Å²) >= 11 is 0. The third-order valence-corrected chi connectivity index (χ3v) is 5.16. The van der Waals surface area contributed by atoms with E-state index in [1.807, 2.05) is 13.0 Å². The van der Waals surface area contributed by atoms with Crippen LogP contribution in [0.5, 0.6) is 0 Å². The molecular formula is C22H36FeN4. The summed E-state index contributed by atoms with van der Waals surface area (Å²) < 4.78 is 0. The van der Waals surface area contributed by atoms with Crippen LogP contribution in [0, 0.1) is 27.7 Å². The van der Waals surface area contributed by atoms with Crippen LogP contribution in [0.1, 0.15) is 63.6 Å². The van der Waals surface area contributed by atoms with Crippen molar-refractivity contribution in [2.75, 3.05) is 17.6 Å². The Balaban J connectivity index is 0.000000742. The van der Waals surface area contributed by atoms with E-state index in [4.69, 9.17) is 5.73 Å². The van der Waals surface area contributed by atoms with E-state index in [0.29, 0.717) is 5.82 Å². The van der Waals surface area contributed by atoms with E-state index in [-0.39, 0.29) is 31.9 Å². The molecule has 1 heterocycles. The molecule has 2 saturated carbocycles. The Morgan fingerprint density at radius 2 is 1.56 bits per heavy atom. The molecule has 3 N–H and O–H groups in total. The van der Waals surface area contributed by atoms with Crippen molar-refractivity contribution in [1.82, 2.24) is 9.97 Å². The Bertz CT molecular complexity index is 657. The van der Waals surface area contributed by atoms with Crippen LogP contribution >= 0.6 is 0 Å². The third kappa shape index (κ3) is 7.67. The van der Waals surface area contributed by atoms with E-state index in [0.717, 1.165) is 34.9 Å². The van der Waals surface area contributed by atoms with E-state index in [1.54, 1.807) is 0 Å². The fourth-order valence-corrected chi connectivity index (χ4v) is 3.74. The molecule has 27 heavy (non-hydrogen) atoms. The Labute approximate surface area is 176 Å². The van der Waals surface area contributed by atoms with Gasteiger partial charge in [0.15, 0.2) is 0 Å². The molecule has 0 atom stereocenters. The van der Waals surface area contributed by atoms with Gasteiger partial charge in [-0.1, -0.05) is 44.9 Å². The molecule has 2 aromatic rings. The van der Waals surface area contributed by atoms with Gasteiger partial charge in [-0.15, -0.1) is 0 Å². The Kier molecular flexibility index (Phi) is 12.3. The number of aryl methyl sites for hydroxylation is 1. The minimum atomic E-state index is 0. The van der Waals surface area contributed by atoms with Gasteiger partial charge in [0.1, 0.15) is 11.6 Å². The van der Waals surface area contributed by atoms with Gasteiger partial charge in [-0.25, -0.2) is 9.97 Å². The molecule has 4 rings (SSSR count). The molecule has 1 aromatic heterocycles. The maximum atomic E-state index is 5.97. The molecule has 2 aliphatic rings. The molecule has 5 heteroatoms. The number of benzene rings is 1. The number of hydrogen-bond acceptors (Lipinski definition) is 4. The first-order valence-electron chi connectivity index (χ1n) is 9.50. The van der Waals surface area contributed by atoms with Crippen molar-refractivity contribution in [3.63, 3.8) is 0 Å². The van der Waals surface area contributed by atoms with Gasteiger partial charge in [0.25, 0.3) is 0 Å². The summed E-state index contributed by atoms with van der Waals surface area (Å²) in [5, 5.41) is 4.44. The SMILES string of the molecule is C1CCCC1.Cc1nc(N)c2cc(NCC3CCCC3)ccc2n1.[CH3-].[CH3-].[Fe+2]. The van der Waals surface area contributed by atoms with Crippen molar-refractivity contribution >= 4 is 22.4 Å². The van der Waals surface area contributed by atoms with E-state index < -0.39 is 0 Å². The summed E-state index contributed by atoms with van der Waals surface area (Å²) in [6.45, 7) is 2.92. The first-order chi connectivity index (χ1) is 11.7. The smallest absolute Gasteiger partial charge is 0.385 e. The zero-order valence-corrected chi connectivity index (χ0v) is 18.3. The van der Waals surface area contributed by atoms with Crippen molar-refractivity contribution in [1.29, 1.82) is 0 Å². The van der Waals surface area contributed by atoms with E-state index in [9.17, 15) is 0 Å². The quantitative estimate of drug-likeness (QED) is 0.482. The number of nitrogens with zero attached hydrogens (tertiary/aromatic N) is 2. The molecule has 1 aromatic carbocycles. The second-order valence-corrected chi connectivity index (χ2v) is 7.19. The maximum absolute atomic E-state index is 5.97. The van der Waals surface area contributed by atoms with Crippen molar-refractivity contribution in [3.05, 3.63) is 38.9 Å². The Hall–Kier alpha value is -1.32. The fraction of sp³-hybridized carbons (Fsp3) is 0.545. The molecule has 0 radical (unpaired) electrons. The Morgan fingerprint density at radius 1 is 0.963 bits per heavy atom. The minimum absolute atomic E-state index is 0. The summed E-state index contributed by atoms with van der Waals surface area (Å²) in [5.41, 5.74) is 7.99. The molecule has 2 fully saturated rings. The standard InChI is InChI=1S/C15H20N4.C5H10.2CH3.Fe/c1-10-18-14-7-6-12(8-13(14)15(16)19-10)17-9-11-4-2-3-5-11;1-2-4-5-3-1;;;/h6-8,11,17H,2-5,9H2,1H3,(H2,16,18,19);1-5H2;2*1H3;/q;;2*-1;+2. The van der Waals surface area contributed by atoms with Gasteiger partial charge in [-0.05, 0) is 43.9 Å². The molecule has 4 nitrogen and oxygen atoms in total. The summed E-state index contributed by atoms with van der Waals surface area (Å²) in [4.78, 5) is 8.62. The molecule has 2 aliphatic carbocycles. The molecule has 0 amide bonds. The van der Waals surface area contributed by atoms with Crippen molar-refractivity contribution in [2.45, 2.75) is 64.7 Å². The summed E-state index contributed by atoms with van der Waals surface area (Å²) in [6.07, 6.45) is 13.0. The van der Waals surface area contributed by atoms with Gasteiger partial charge < -0.3 is 25.9 Å².